The summed E-state index contributed by atoms with van der Waals surface area (Å²) in [5.41, 5.74) is 0. The third-order valence-corrected chi connectivity index (χ3v) is 11.1. The van der Waals surface area contributed by atoms with Crippen LogP contribution in [0.25, 0.3) is 0 Å². The normalized spacial score (nSPS) is 20.5. The number of halogens is 1. The minimum atomic E-state index is 1.16. The van der Waals surface area contributed by atoms with Gasteiger partial charge in [-0.2, -0.15) is 0 Å². The molecule has 0 amide bonds. The molecule has 2 aliphatic rings. The van der Waals surface area contributed by atoms with Gasteiger partial charge < -0.3 is 0 Å². The lowest BCUT2D eigenvalue weighted by Crippen LogP contribution is -1.72. The summed E-state index contributed by atoms with van der Waals surface area (Å²) in [5.74, 6) is 2.32. The van der Waals surface area contributed by atoms with Gasteiger partial charge in [0.1, 0.15) is 0 Å². The van der Waals surface area contributed by atoms with E-state index in [0.717, 1.165) is 11.5 Å². The Morgan fingerprint density at radius 2 is 1.59 bits per heavy atom. The molecule has 0 aliphatic carbocycles. The van der Waals surface area contributed by atoms with E-state index in [1.54, 1.807) is 0 Å². The second-order valence-electron chi connectivity index (χ2n) is 2.86. The molecule has 2 heterocycles. The van der Waals surface area contributed by atoms with E-state index >= 15 is 0 Å². The smallest absolute Gasteiger partial charge is 0.0717 e. The lowest BCUT2D eigenvalue weighted by molar-refractivity contribution is 1.53. The van der Waals surface area contributed by atoms with Crippen LogP contribution < -0.4 is 0 Å². The first-order valence-corrected chi connectivity index (χ1v) is 11.4. The first-order chi connectivity index (χ1) is 8.24. The van der Waals surface area contributed by atoms with E-state index < -0.39 is 0 Å². The number of hydrogen-bond donors (Lipinski definition) is 0. The van der Waals surface area contributed by atoms with Crippen LogP contribution in [0, 0.1) is 0 Å². The summed E-state index contributed by atoms with van der Waals surface area (Å²) in [6.07, 6.45) is 0. The first-order valence-electron chi connectivity index (χ1n) is 5.04. The molecule has 0 spiro atoms. The van der Waals surface area contributed by atoms with E-state index in [9.17, 15) is 0 Å². The minimum Gasteiger partial charge on any atom is -0.118 e. The highest BCUT2D eigenvalue weighted by Crippen LogP contribution is 2.62. The summed E-state index contributed by atoms with van der Waals surface area (Å²) in [6.45, 7) is 4.46. The number of thioether (sulfide) groups is 6. The second kappa shape index (κ2) is 7.73. The molecule has 0 aromatic carbocycles. The predicted molar refractivity (Wildman–Crippen MR) is 103 cm³/mol. The fourth-order valence-electron chi connectivity index (χ4n) is 1.12. The zero-order chi connectivity index (χ0) is 12.3. The van der Waals surface area contributed by atoms with Crippen molar-refractivity contribution < 1.29 is 0 Å². The molecular weight excluding hydrogens is 439 g/mol. The maximum absolute atomic E-state index is 2.40. The Bertz CT molecular complexity index is 378. The van der Waals surface area contributed by atoms with Gasteiger partial charge in [0.15, 0.2) is 0 Å². The Hall–Kier alpha value is 2.05. The Kier molecular flexibility index (Phi) is 7.02. The molecule has 0 nitrogen and oxygen atoms in total. The SMILES string of the molecule is CCSC1=C(SCC)SC(=C2SC=C(I)S2)S1. The second-order valence-corrected chi connectivity index (χ2v) is 12.3. The van der Waals surface area contributed by atoms with Gasteiger partial charge in [0.2, 0.25) is 0 Å². The summed E-state index contributed by atoms with van der Waals surface area (Å²) in [7, 11) is 0. The summed E-state index contributed by atoms with van der Waals surface area (Å²) in [6, 6.07) is 0. The van der Waals surface area contributed by atoms with Crippen molar-refractivity contribution in [1.29, 1.82) is 0 Å². The number of hydrogen-bond acceptors (Lipinski definition) is 6. The van der Waals surface area contributed by atoms with Gasteiger partial charge in [-0.05, 0) is 39.5 Å². The van der Waals surface area contributed by atoms with Crippen molar-refractivity contribution in [1.82, 2.24) is 0 Å². The van der Waals surface area contributed by atoms with Gasteiger partial charge in [-0.25, -0.2) is 0 Å². The lowest BCUT2D eigenvalue weighted by Gasteiger charge is -2.00. The van der Waals surface area contributed by atoms with Crippen molar-refractivity contribution >= 4 is 93.2 Å². The zero-order valence-corrected chi connectivity index (χ0v) is 16.4. The molecule has 0 radical (unpaired) electrons. The van der Waals surface area contributed by atoms with Crippen molar-refractivity contribution in [3.05, 3.63) is 25.3 Å². The molecule has 0 fully saturated rings. The van der Waals surface area contributed by atoms with Gasteiger partial charge in [-0.15, -0.1) is 23.5 Å². The summed E-state index contributed by atoms with van der Waals surface area (Å²) < 4.78 is 7.35. The predicted octanol–water partition coefficient (Wildman–Crippen LogP) is 6.94. The van der Waals surface area contributed by atoms with Crippen LogP contribution >= 0.6 is 93.2 Å². The van der Waals surface area contributed by atoms with Crippen molar-refractivity contribution in [3.63, 3.8) is 0 Å². The molecule has 0 saturated heterocycles. The van der Waals surface area contributed by atoms with Crippen LogP contribution in [0.1, 0.15) is 13.8 Å². The Labute approximate surface area is 142 Å². The third-order valence-electron chi connectivity index (χ3n) is 1.70. The molecule has 7 heteroatoms. The Morgan fingerprint density at radius 1 is 1.00 bits per heavy atom. The maximum Gasteiger partial charge on any atom is 0.0717 e. The molecule has 0 N–H and O–H groups in total. The fourth-order valence-corrected chi connectivity index (χ4v) is 10.4. The summed E-state index contributed by atoms with van der Waals surface area (Å²) in [4.78, 5) is 0. The van der Waals surface area contributed by atoms with E-state index in [4.69, 9.17) is 0 Å². The largest absolute Gasteiger partial charge is 0.118 e. The van der Waals surface area contributed by atoms with Crippen molar-refractivity contribution in [2.24, 2.45) is 0 Å². The molecule has 17 heavy (non-hydrogen) atoms. The van der Waals surface area contributed by atoms with Crippen molar-refractivity contribution in [3.8, 4) is 0 Å². The summed E-state index contributed by atoms with van der Waals surface area (Å²) in [5, 5.41) is 2.24. The topological polar surface area (TPSA) is 0 Å². The van der Waals surface area contributed by atoms with Gasteiger partial charge >= 0.3 is 0 Å². The molecule has 2 aliphatic heterocycles. The van der Waals surface area contributed by atoms with E-state index in [2.05, 4.69) is 41.8 Å². The monoisotopic (exact) mass is 450 g/mol. The molecule has 0 saturated carbocycles. The van der Waals surface area contributed by atoms with Crippen LogP contribution in [0.2, 0.25) is 0 Å². The van der Waals surface area contributed by atoms with E-state index in [1.807, 2.05) is 70.6 Å². The first kappa shape index (κ1) is 15.4. The highest BCUT2D eigenvalue weighted by molar-refractivity contribution is 14.1. The highest BCUT2D eigenvalue weighted by atomic mass is 127. The molecule has 0 aromatic heterocycles. The fraction of sp³-hybridized carbons (Fsp3) is 0.400. The van der Waals surface area contributed by atoms with Crippen LogP contribution in [0.15, 0.2) is 25.3 Å². The van der Waals surface area contributed by atoms with Crippen molar-refractivity contribution in [2.45, 2.75) is 13.8 Å². The van der Waals surface area contributed by atoms with Crippen LogP contribution in [0.5, 0.6) is 0 Å². The molecule has 0 unspecified atom stereocenters. The van der Waals surface area contributed by atoms with Crippen LogP contribution in [0.3, 0.4) is 0 Å². The minimum absolute atomic E-state index is 1.16. The maximum atomic E-state index is 2.40. The van der Waals surface area contributed by atoms with Crippen LogP contribution in [-0.4, -0.2) is 11.5 Å². The van der Waals surface area contributed by atoms with Gasteiger partial charge in [0.05, 0.1) is 19.9 Å². The van der Waals surface area contributed by atoms with Crippen molar-refractivity contribution in [2.75, 3.05) is 11.5 Å². The molecule has 0 atom stereocenters. The molecule has 94 valence electrons. The molecular formula is C10H11IS6. The average Bonchev–Trinajstić information content (AvgIpc) is 2.87. The average molecular weight is 451 g/mol. The molecule has 0 aromatic rings. The van der Waals surface area contributed by atoms with E-state index in [0.29, 0.717) is 0 Å². The highest BCUT2D eigenvalue weighted by Gasteiger charge is 2.26. The van der Waals surface area contributed by atoms with E-state index in [-0.39, 0.29) is 0 Å². The molecule has 2 rings (SSSR count). The number of rotatable bonds is 4. The van der Waals surface area contributed by atoms with Gasteiger partial charge in [0, 0.05) is 0 Å². The lowest BCUT2D eigenvalue weighted by atomic mass is 11.0. The van der Waals surface area contributed by atoms with Gasteiger partial charge in [-0.1, -0.05) is 60.9 Å². The third kappa shape index (κ3) is 4.26. The van der Waals surface area contributed by atoms with E-state index in [1.165, 1.54) is 19.9 Å². The zero-order valence-electron chi connectivity index (χ0n) is 9.32. The Morgan fingerprint density at radius 3 is 2.00 bits per heavy atom. The quantitative estimate of drug-likeness (QED) is 0.423. The Balaban J connectivity index is 2.09. The summed E-state index contributed by atoms with van der Waals surface area (Å²) >= 11 is 14.1. The molecule has 0 bridgehead atoms. The standard InChI is InChI=1S/C10H11IS6/c1-3-12-7-8(13-4-2)17-10(16-7)9-14-5-6(11)15-9/h5H,3-4H2,1-2H3. The van der Waals surface area contributed by atoms with Crippen LogP contribution in [0.4, 0.5) is 0 Å². The van der Waals surface area contributed by atoms with Gasteiger partial charge in [0.25, 0.3) is 0 Å². The van der Waals surface area contributed by atoms with Gasteiger partial charge in [-0.3, -0.25) is 0 Å². The van der Waals surface area contributed by atoms with Crippen LogP contribution in [-0.2, 0) is 0 Å².